The van der Waals surface area contributed by atoms with Gasteiger partial charge in [-0.25, -0.2) is 5.01 Å². The Morgan fingerprint density at radius 1 is 1.35 bits per heavy atom. The number of methoxy groups -OCH3 is 1. The van der Waals surface area contributed by atoms with Crippen LogP contribution in [-0.4, -0.2) is 46.2 Å². The Hall–Kier alpha value is -2.87. The lowest BCUT2D eigenvalue weighted by molar-refractivity contribution is -0.151. The highest BCUT2D eigenvalue weighted by Gasteiger charge is 2.35. The van der Waals surface area contributed by atoms with Gasteiger partial charge in [-0.1, -0.05) is 29.8 Å². The molecule has 1 aliphatic rings. The largest absolute Gasteiger partial charge is 0.469 e. The maximum Gasteiger partial charge on any atom is 0.311 e. The van der Waals surface area contributed by atoms with Crippen molar-refractivity contribution in [3.8, 4) is 11.3 Å². The molecular formula is C17H17ClN4O4. The second kappa shape index (κ2) is 7.17. The molecule has 2 amide bonds. The third-order valence-corrected chi connectivity index (χ3v) is 4.39. The van der Waals surface area contributed by atoms with Crippen LogP contribution in [-0.2, 0) is 21.4 Å². The number of carbonyl (C=O) groups is 3. The van der Waals surface area contributed by atoms with Crippen molar-refractivity contribution in [3.63, 3.8) is 0 Å². The molecule has 0 saturated carbocycles. The second-order valence-electron chi connectivity index (χ2n) is 5.92. The fraction of sp³-hybridized carbons (Fsp3) is 0.294. The van der Waals surface area contributed by atoms with Crippen molar-refractivity contribution in [3.05, 3.63) is 41.0 Å². The molecule has 1 atom stereocenters. The highest BCUT2D eigenvalue weighted by Crippen LogP contribution is 2.30. The van der Waals surface area contributed by atoms with Gasteiger partial charge in [0.1, 0.15) is 5.69 Å². The van der Waals surface area contributed by atoms with Crippen molar-refractivity contribution in [1.29, 1.82) is 0 Å². The summed E-state index contributed by atoms with van der Waals surface area (Å²) in [6, 6.07) is 7.03. The van der Waals surface area contributed by atoms with Gasteiger partial charge < -0.3 is 4.74 Å². The number of benzene rings is 1. The third-order valence-electron chi connectivity index (χ3n) is 4.06. The average Bonchev–Trinajstić information content (AvgIpc) is 3.01. The van der Waals surface area contributed by atoms with Gasteiger partial charge in [-0.15, -0.1) is 0 Å². The van der Waals surface area contributed by atoms with Crippen LogP contribution < -0.4 is 5.43 Å². The monoisotopic (exact) mass is 376 g/mol. The summed E-state index contributed by atoms with van der Waals surface area (Å²) in [7, 11) is 2.93. The summed E-state index contributed by atoms with van der Waals surface area (Å²) in [6.45, 7) is 0.0219. The van der Waals surface area contributed by atoms with Crippen LogP contribution in [0.1, 0.15) is 16.8 Å². The first-order chi connectivity index (χ1) is 12.4. The number of rotatable bonds is 3. The molecule has 0 unspecified atom stereocenters. The molecule has 0 spiro atoms. The standard InChI is InChI=1S/C17H17ClN4O4/c1-21-9-12(15(20-21)11-5-3-4-6-13(11)18)16(24)22-8-10(17(25)26-2)7-14(23)19-22/h3-6,9-10H,7-8H2,1-2H3,(H,19,23)/t10-/m1/s1. The summed E-state index contributed by atoms with van der Waals surface area (Å²) >= 11 is 6.23. The zero-order valence-electron chi connectivity index (χ0n) is 14.2. The Kier molecular flexibility index (Phi) is 4.94. The minimum Gasteiger partial charge on any atom is -0.469 e. The van der Waals surface area contributed by atoms with Gasteiger partial charge in [-0.2, -0.15) is 5.10 Å². The molecule has 1 aromatic carbocycles. The molecule has 26 heavy (non-hydrogen) atoms. The van der Waals surface area contributed by atoms with Crippen molar-refractivity contribution in [2.45, 2.75) is 6.42 Å². The minimum absolute atomic E-state index is 0.0219. The predicted molar refractivity (Wildman–Crippen MR) is 93.0 cm³/mol. The van der Waals surface area contributed by atoms with Gasteiger partial charge in [0.2, 0.25) is 5.91 Å². The van der Waals surface area contributed by atoms with Crippen LogP contribution in [0.25, 0.3) is 11.3 Å². The lowest BCUT2D eigenvalue weighted by atomic mass is 10.0. The van der Waals surface area contributed by atoms with Crippen LogP contribution in [0.15, 0.2) is 30.5 Å². The van der Waals surface area contributed by atoms with E-state index in [2.05, 4.69) is 10.5 Å². The number of hydrazine groups is 1. The smallest absolute Gasteiger partial charge is 0.311 e. The summed E-state index contributed by atoms with van der Waals surface area (Å²) in [5.74, 6) is -2.15. The number of carbonyl (C=O) groups excluding carboxylic acids is 3. The van der Waals surface area contributed by atoms with E-state index in [9.17, 15) is 14.4 Å². The second-order valence-corrected chi connectivity index (χ2v) is 6.33. The number of halogens is 1. The minimum atomic E-state index is -0.710. The molecule has 0 bridgehead atoms. The first-order valence-electron chi connectivity index (χ1n) is 7.88. The van der Waals surface area contributed by atoms with Gasteiger partial charge in [0.05, 0.1) is 30.2 Å². The van der Waals surface area contributed by atoms with E-state index >= 15 is 0 Å². The molecule has 1 saturated heterocycles. The van der Waals surface area contributed by atoms with Gasteiger partial charge in [-0.3, -0.25) is 24.5 Å². The molecular weight excluding hydrogens is 360 g/mol. The summed E-state index contributed by atoms with van der Waals surface area (Å²) in [4.78, 5) is 36.7. The van der Waals surface area contributed by atoms with Crippen LogP contribution in [0.2, 0.25) is 5.02 Å². The number of esters is 1. The molecule has 3 rings (SSSR count). The number of hydrogen-bond acceptors (Lipinski definition) is 5. The highest BCUT2D eigenvalue weighted by molar-refractivity contribution is 6.33. The van der Waals surface area contributed by atoms with Crippen molar-refractivity contribution < 1.29 is 19.1 Å². The first kappa shape index (κ1) is 17.9. The third kappa shape index (κ3) is 3.41. The van der Waals surface area contributed by atoms with E-state index in [0.717, 1.165) is 5.01 Å². The number of ether oxygens (including phenoxy) is 1. The summed E-state index contributed by atoms with van der Waals surface area (Å²) in [5, 5.41) is 5.90. The van der Waals surface area contributed by atoms with E-state index in [0.29, 0.717) is 16.3 Å². The molecule has 0 radical (unpaired) electrons. The Balaban J connectivity index is 1.94. The molecule has 136 valence electrons. The van der Waals surface area contributed by atoms with Crippen molar-refractivity contribution >= 4 is 29.4 Å². The Bertz CT molecular complexity index is 879. The Morgan fingerprint density at radius 3 is 2.77 bits per heavy atom. The molecule has 1 fully saturated rings. The van der Waals surface area contributed by atoms with Crippen LogP contribution in [0.5, 0.6) is 0 Å². The topological polar surface area (TPSA) is 93.5 Å². The molecule has 2 heterocycles. The van der Waals surface area contributed by atoms with Gasteiger partial charge >= 0.3 is 5.97 Å². The summed E-state index contributed by atoms with van der Waals surface area (Å²) in [5.41, 5.74) is 3.77. The van der Waals surface area contributed by atoms with E-state index in [1.165, 1.54) is 11.8 Å². The van der Waals surface area contributed by atoms with Gasteiger partial charge in [0.25, 0.3) is 5.91 Å². The normalized spacial score (nSPS) is 17.0. The summed E-state index contributed by atoms with van der Waals surface area (Å²) < 4.78 is 6.19. The predicted octanol–water partition coefficient (Wildman–Crippen LogP) is 1.41. The Labute approximate surface area is 154 Å². The molecule has 2 aromatic rings. The maximum absolute atomic E-state index is 13.0. The van der Waals surface area contributed by atoms with Crippen molar-refractivity contribution in [1.82, 2.24) is 20.2 Å². The maximum atomic E-state index is 13.0. The average molecular weight is 377 g/mol. The van der Waals surface area contributed by atoms with Gasteiger partial charge in [0.15, 0.2) is 0 Å². The van der Waals surface area contributed by atoms with Crippen LogP contribution >= 0.6 is 11.6 Å². The number of amides is 2. The van der Waals surface area contributed by atoms with Crippen LogP contribution in [0.3, 0.4) is 0 Å². The number of aryl methyl sites for hydroxylation is 1. The molecule has 8 nitrogen and oxygen atoms in total. The summed E-state index contributed by atoms with van der Waals surface area (Å²) in [6.07, 6.45) is 1.52. The Morgan fingerprint density at radius 2 is 2.08 bits per heavy atom. The number of hydrogen-bond donors (Lipinski definition) is 1. The molecule has 1 N–H and O–H groups in total. The van der Waals surface area contributed by atoms with E-state index in [1.807, 2.05) is 0 Å². The van der Waals surface area contributed by atoms with E-state index in [-0.39, 0.29) is 18.5 Å². The molecule has 1 aliphatic heterocycles. The molecule has 9 heteroatoms. The molecule has 0 aliphatic carbocycles. The van der Waals surface area contributed by atoms with Crippen LogP contribution in [0.4, 0.5) is 0 Å². The molecule has 1 aromatic heterocycles. The fourth-order valence-electron chi connectivity index (χ4n) is 2.85. The fourth-order valence-corrected chi connectivity index (χ4v) is 3.08. The lowest BCUT2D eigenvalue weighted by Gasteiger charge is -2.31. The van der Waals surface area contributed by atoms with E-state index < -0.39 is 23.7 Å². The van der Waals surface area contributed by atoms with Crippen LogP contribution in [0, 0.1) is 5.92 Å². The number of aromatic nitrogens is 2. The quantitative estimate of drug-likeness (QED) is 0.817. The number of nitrogens with zero attached hydrogens (tertiary/aromatic N) is 3. The lowest BCUT2D eigenvalue weighted by Crippen LogP contribution is -2.54. The zero-order chi connectivity index (χ0) is 18.8. The van der Waals surface area contributed by atoms with Gasteiger partial charge in [-0.05, 0) is 6.07 Å². The van der Waals surface area contributed by atoms with E-state index in [4.69, 9.17) is 16.3 Å². The van der Waals surface area contributed by atoms with Crippen molar-refractivity contribution in [2.75, 3.05) is 13.7 Å². The highest BCUT2D eigenvalue weighted by atomic mass is 35.5. The van der Waals surface area contributed by atoms with E-state index in [1.54, 1.807) is 37.5 Å². The first-order valence-corrected chi connectivity index (χ1v) is 8.26. The zero-order valence-corrected chi connectivity index (χ0v) is 15.0. The van der Waals surface area contributed by atoms with Crippen molar-refractivity contribution in [2.24, 2.45) is 13.0 Å². The number of nitrogens with one attached hydrogen (secondary N) is 1. The SMILES string of the molecule is COC(=O)[C@@H]1CC(=O)NN(C(=O)c2cn(C)nc2-c2ccccc2Cl)C1. The van der Waals surface area contributed by atoms with Gasteiger partial charge in [0, 0.05) is 25.2 Å².